The molecule has 15 nitrogen and oxygen atoms in total. The molecule has 1 aliphatic heterocycles. The molecule has 2 amide bonds. The van der Waals surface area contributed by atoms with Crippen molar-refractivity contribution in [2.75, 3.05) is 51.1 Å². The van der Waals surface area contributed by atoms with Crippen LogP contribution in [0.1, 0.15) is 71.4 Å². The predicted octanol–water partition coefficient (Wildman–Crippen LogP) is 6.92. The van der Waals surface area contributed by atoms with Gasteiger partial charge in [-0.15, -0.1) is 0 Å². The van der Waals surface area contributed by atoms with E-state index in [4.69, 9.17) is 30.4 Å². The zero-order chi connectivity index (χ0) is 45.2. The third kappa shape index (κ3) is 10.9. The number of primary amides is 2. The quantitative estimate of drug-likeness (QED) is 0.0468. The van der Waals surface area contributed by atoms with E-state index >= 15 is 0 Å². The van der Waals surface area contributed by atoms with Crippen LogP contribution in [0.25, 0.3) is 21.8 Å². The van der Waals surface area contributed by atoms with Crippen LogP contribution in [-0.4, -0.2) is 85.6 Å². The number of nitrogens with one attached hydrogen (secondary N) is 4. The zero-order valence-electron chi connectivity index (χ0n) is 36.8. The molecular formula is C49H58N8O7. The fourth-order valence-corrected chi connectivity index (χ4v) is 7.67. The molecule has 3 heterocycles. The van der Waals surface area contributed by atoms with Crippen LogP contribution < -0.4 is 51.7 Å². The SMILES string of the molecule is CCc1ccccc1Nc1c(C(N)=O)cnc2cc(OC)c(OC3CCNCC3)cc12.CCc1ccccc1Nc1c(C(N)=O)cnc2cc(OC)c(OCC(O)CNC3CC3)cc12. The van der Waals surface area contributed by atoms with Gasteiger partial charge in [-0.3, -0.25) is 19.6 Å². The van der Waals surface area contributed by atoms with Crippen LogP contribution in [0, 0.1) is 0 Å². The van der Waals surface area contributed by atoms with Gasteiger partial charge in [-0.25, -0.2) is 0 Å². The molecule has 0 radical (unpaired) electrons. The highest BCUT2D eigenvalue weighted by Gasteiger charge is 2.24. The lowest BCUT2D eigenvalue weighted by Gasteiger charge is -2.25. The summed E-state index contributed by atoms with van der Waals surface area (Å²) < 4.78 is 23.3. The highest BCUT2D eigenvalue weighted by Crippen LogP contribution is 2.40. The summed E-state index contributed by atoms with van der Waals surface area (Å²) in [6, 6.07) is 23.7. The Morgan fingerprint density at radius 2 is 1.23 bits per heavy atom. The lowest BCUT2D eigenvalue weighted by atomic mass is 10.1. The molecule has 9 N–H and O–H groups in total. The summed E-state index contributed by atoms with van der Waals surface area (Å²) in [4.78, 5) is 33.3. The molecule has 1 unspecified atom stereocenters. The van der Waals surface area contributed by atoms with Gasteiger partial charge in [0.15, 0.2) is 23.0 Å². The van der Waals surface area contributed by atoms with E-state index in [0.717, 1.165) is 79.5 Å². The van der Waals surface area contributed by atoms with Gasteiger partial charge in [-0.1, -0.05) is 50.2 Å². The van der Waals surface area contributed by atoms with E-state index in [1.807, 2.05) is 54.6 Å². The Morgan fingerprint density at radius 1 is 0.734 bits per heavy atom. The van der Waals surface area contributed by atoms with Crippen molar-refractivity contribution in [2.24, 2.45) is 11.5 Å². The molecule has 4 aromatic carbocycles. The summed E-state index contributed by atoms with van der Waals surface area (Å²) in [5, 5.41) is 25.2. The summed E-state index contributed by atoms with van der Waals surface area (Å²) in [6.07, 6.45) is 8.26. The van der Waals surface area contributed by atoms with Crippen molar-refractivity contribution in [1.82, 2.24) is 20.6 Å². The molecule has 1 saturated heterocycles. The predicted molar refractivity (Wildman–Crippen MR) is 251 cm³/mol. The van der Waals surface area contributed by atoms with E-state index in [-0.39, 0.29) is 18.3 Å². The number of aryl methyl sites for hydroxylation is 2. The monoisotopic (exact) mass is 870 g/mol. The molecule has 0 bridgehead atoms. The average Bonchev–Trinajstić information content (AvgIpc) is 4.15. The summed E-state index contributed by atoms with van der Waals surface area (Å²) in [6.45, 7) is 6.58. The van der Waals surface area contributed by atoms with Crippen LogP contribution in [0.2, 0.25) is 0 Å². The van der Waals surface area contributed by atoms with Gasteiger partial charge in [0, 0.05) is 59.3 Å². The first-order valence-electron chi connectivity index (χ1n) is 21.8. The highest BCUT2D eigenvalue weighted by atomic mass is 16.5. The van der Waals surface area contributed by atoms with Crippen LogP contribution >= 0.6 is 0 Å². The number of hydrogen-bond donors (Lipinski definition) is 7. The number of aromatic nitrogens is 2. The minimum Gasteiger partial charge on any atom is -0.493 e. The Bertz CT molecular complexity index is 2600. The second-order valence-electron chi connectivity index (χ2n) is 15.8. The average molecular weight is 871 g/mol. The first-order chi connectivity index (χ1) is 31.1. The number of piperidine rings is 1. The van der Waals surface area contributed by atoms with Gasteiger partial charge in [0.25, 0.3) is 11.8 Å². The minimum atomic E-state index is -0.657. The first-order valence-corrected chi connectivity index (χ1v) is 21.8. The number of methoxy groups -OCH3 is 2. The molecule has 15 heteroatoms. The number of pyridine rings is 2. The number of ether oxygens (including phenoxy) is 4. The van der Waals surface area contributed by atoms with Crippen LogP contribution in [0.15, 0.2) is 85.2 Å². The zero-order valence-corrected chi connectivity index (χ0v) is 36.8. The number of fused-ring (bicyclic) bond motifs is 2. The van der Waals surface area contributed by atoms with Crippen molar-refractivity contribution in [2.45, 2.75) is 70.6 Å². The maximum absolute atomic E-state index is 12.2. The number of nitrogens with two attached hydrogens (primary N) is 2. The Hall–Kier alpha value is -6.68. The van der Waals surface area contributed by atoms with E-state index < -0.39 is 17.9 Å². The van der Waals surface area contributed by atoms with Crippen LogP contribution in [0.4, 0.5) is 22.7 Å². The van der Waals surface area contributed by atoms with Gasteiger partial charge < -0.3 is 56.8 Å². The Morgan fingerprint density at radius 3 is 1.72 bits per heavy atom. The smallest absolute Gasteiger partial charge is 0.252 e. The van der Waals surface area contributed by atoms with E-state index in [2.05, 4.69) is 51.1 Å². The number of aliphatic hydroxyl groups is 1. The number of rotatable bonds is 18. The van der Waals surface area contributed by atoms with E-state index in [9.17, 15) is 14.7 Å². The van der Waals surface area contributed by atoms with Gasteiger partial charge in [-0.2, -0.15) is 0 Å². The van der Waals surface area contributed by atoms with Crippen molar-refractivity contribution in [3.63, 3.8) is 0 Å². The minimum absolute atomic E-state index is 0.103. The number of carbonyl (C=O) groups is 2. The summed E-state index contributed by atoms with van der Waals surface area (Å²) in [7, 11) is 3.17. The second-order valence-corrected chi connectivity index (χ2v) is 15.8. The van der Waals surface area contributed by atoms with Gasteiger partial charge in [0.1, 0.15) is 18.8 Å². The summed E-state index contributed by atoms with van der Waals surface area (Å²) in [5.74, 6) is 1.07. The maximum Gasteiger partial charge on any atom is 0.252 e. The molecule has 2 aliphatic rings. The van der Waals surface area contributed by atoms with Crippen molar-refractivity contribution in [3.8, 4) is 23.0 Å². The number of para-hydroxylation sites is 2. The van der Waals surface area contributed by atoms with Crippen molar-refractivity contribution in [3.05, 3.63) is 107 Å². The molecule has 8 rings (SSSR count). The standard InChI is InChI=1S/C25H30N4O4.C24H28N4O3/c1-3-15-6-4-5-7-20(15)29-24-18-10-23(33-14-17(30)12-27-16-8-9-16)22(32-2)11-21(18)28-13-19(24)25(26)31;1-3-15-6-4-5-7-19(15)28-23-17-12-22(31-16-8-10-26-11-9-16)21(30-2)13-20(17)27-14-18(23)24(25)29/h4-7,10-11,13,16-17,27,30H,3,8-9,12,14H2,1-2H3,(H2,26,31)(H,28,29);4-7,12-14,16,26H,3,8-11H2,1-2H3,(H2,25,29)(H,27,28). The second kappa shape index (κ2) is 21.1. The number of hydrogen-bond acceptors (Lipinski definition) is 13. The van der Waals surface area contributed by atoms with Gasteiger partial charge in [0.05, 0.1) is 47.8 Å². The molecule has 1 aliphatic carbocycles. The number of amides is 2. The van der Waals surface area contributed by atoms with Crippen molar-refractivity contribution >= 4 is 56.4 Å². The van der Waals surface area contributed by atoms with Crippen LogP contribution in [0.5, 0.6) is 23.0 Å². The molecule has 1 atom stereocenters. The van der Waals surface area contributed by atoms with Crippen molar-refractivity contribution in [1.29, 1.82) is 0 Å². The van der Waals surface area contributed by atoms with Gasteiger partial charge in [0.2, 0.25) is 0 Å². The number of carbonyl (C=O) groups excluding carboxylic acids is 2. The lowest BCUT2D eigenvalue weighted by molar-refractivity contribution is 0.0992. The van der Waals surface area contributed by atoms with E-state index in [0.29, 0.717) is 68.9 Å². The molecule has 2 aromatic heterocycles. The molecule has 1 saturated carbocycles. The highest BCUT2D eigenvalue weighted by molar-refractivity contribution is 6.09. The third-order valence-corrected chi connectivity index (χ3v) is 11.4. The number of anilines is 4. The van der Waals surface area contributed by atoms with E-state index in [1.165, 1.54) is 12.4 Å². The Balaban J connectivity index is 0.000000192. The van der Waals surface area contributed by atoms with E-state index in [1.54, 1.807) is 26.4 Å². The Kier molecular flexibility index (Phi) is 15.0. The third-order valence-electron chi connectivity index (χ3n) is 11.4. The number of nitrogens with zero attached hydrogens (tertiary/aromatic N) is 2. The van der Waals surface area contributed by atoms with Crippen molar-refractivity contribution < 1.29 is 33.6 Å². The molecule has 0 spiro atoms. The first kappa shape index (κ1) is 45.3. The topological polar surface area (TPSA) is 217 Å². The molecular weight excluding hydrogens is 813 g/mol. The van der Waals surface area contributed by atoms with Crippen LogP contribution in [0.3, 0.4) is 0 Å². The number of benzene rings is 4. The fourth-order valence-electron chi connectivity index (χ4n) is 7.67. The Labute approximate surface area is 373 Å². The summed E-state index contributed by atoms with van der Waals surface area (Å²) >= 11 is 0. The molecule has 64 heavy (non-hydrogen) atoms. The molecule has 2 fully saturated rings. The van der Waals surface area contributed by atoms with Crippen LogP contribution in [-0.2, 0) is 12.8 Å². The van der Waals surface area contributed by atoms with Gasteiger partial charge in [-0.05, 0) is 87.0 Å². The summed E-state index contributed by atoms with van der Waals surface area (Å²) in [5.41, 5.74) is 18.5. The molecule has 336 valence electrons. The normalized spacial score (nSPS) is 14.3. The lowest BCUT2D eigenvalue weighted by Crippen LogP contribution is -2.34. The molecule has 6 aromatic rings. The number of aliphatic hydroxyl groups excluding tert-OH is 1. The maximum atomic E-state index is 12.2. The largest absolute Gasteiger partial charge is 0.493 e. The van der Waals surface area contributed by atoms with Gasteiger partial charge >= 0.3 is 0 Å². The fraction of sp³-hybridized carbons (Fsp3) is 0.347.